The van der Waals surface area contributed by atoms with Crippen LogP contribution in [0.15, 0.2) is 22.7 Å². The molecule has 2 rings (SSSR count). The maximum Gasteiger partial charge on any atom is 0.336 e. The topological polar surface area (TPSA) is 55.1 Å². The average molecular weight is 313 g/mol. The predicted octanol–water partition coefficient (Wildman–Crippen LogP) is 3.09. The number of benzene rings is 1. The molecule has 0 bridgehead atoms. The summed E-state index contributed by atoms with van der Waals surface area (Å²) >= 11 is 2.96. The minimum atomic E-state index is -1.18. The van der Waals surface area contributed by atoms with Crippen molar-refractivity contribution in [2.45, 2.75) is 13.8 Å². The third-order valence-corrected chi connectivity index (χ3v) is 3.31. The largest absolute Gasteiger partial charge is 0.478 e. The van der Waals surface area contributed by atoms with Crippen LogP contribution >= 0.6 is 15.9 Å². The Morgan fingerprint density at radius 2 is 2.11 bits per heavy atom. The van der Waals surface area contributed by atoms with Gasteiger partial charge in [0.1, 0.15) is 5.69 Å². The number of nitrogens with zero attached hydrogens (tertiary/aromatic N) is 2. The fraction of sp³-hybridized carbons (Fsp3) is 0.167. The van der Waals surface area contributed by atoms with Gasteiger partial charge in [-0.25, -0.2) is 13.9 Å². The van der Waals surface area contributed by atoms with E-state index in [9.17, 15) is 9.18 Å². The van der Waals surface area contributed by atoms with Crippen LogP contribution in [0.1, 0.15) is 21.7 Å². The van der Waals surface area contributed by atoms with E-state index in [1.807, 2.05) is 13.0 Å². The minimum Gasteiger partial charge on any atom is -0.478 e. The summed E-state index contributed by atoms with van der Waals surface area (Å²) in [6, 6.07) is 4.57. The Morgan fingerprint density at radius 1 is 1.44 bits per heavy atom. The van der Waals surface area contributed by atoms with Gasteiger partial charge >= 0.3 is 5.97 Å². The van der Waals surface area contributed by atoms with Gasteiger partial charge in [-0.05, 0) is 48.0 Å². The smallest absolute Gasteiger partial charge is 0.336 e. The van der Waals surface area contributed by atoms with Crippen molar-refractivity contribution in [2.75, 3.05) is 0 Å². The zero-order valence-electron chi connectivity index (χ0n) is 9.74. The zero-order valence-corrected chi connectivity index (χ0v) is 11.3. The van der Waals surface area contributed by atoms with Gasteiger partial charge in [0.05, 0.1) is 15.7 Å². The fourth-order valence-electron chi connectivity index (χ4n) is 1.74. The highest BCUT2D eigenvalue weighted by molar-refractivity contribution is 9.10. The number of aromatic carboxylic acids is 1. The van der Waals surface area contributed by atoms with Crippen molar-refractivity contribution in [1.29, 1.82) is 0 Å². The summed E-state index contributed by atoms with van der Waals surface area (Å²) in [6.07, 6.45) is 0. The highest BCUT2D eigenvalue weighted by atomic mass is 79.9. The lowest BCUT2D eigenvalue weighted by Crippen LogP contribution is -2.06. The van der Waals surface area contributed by atoms with Crippen LogP contribution in [0.25, 0.3) is 5.69 Å². The molecule has 1 heterocycles. The van der Waals surface area contributed by atoms with E-state index >= 15 is 0 Å². The number of hydrogen-bond acceptors (Lipinski definition) is 2. The molecule has 0 saturated carbocycles. The van der Waals surface area contributed by atoms with Gasteiger partial charge in [-0.1, -0.05) is 0 Å². The standard InChI is InChI=1S/C12H10BrFN2O2/c1-6-5-7(2)16(15-6)9-4-3-8(12(17)18)10(13)11(9)14/h3-5H,1-2H3,(H,17,18). The van der Waals surface area contributed by atoms with Gasteiger partial charge in [-0.3, -0.25) is 0 Å². The minimum absolute atomic E-state index is 0.0694. The van der Waals surface area contributed by atoms with Gasteiger partial charge in [-0.2, -0.15) is 5.10 Å². The molecule has 0 aliphatic heterocycles. The van der Waals surface area contributed by atoms with E-state index < -0.39 is 11.8 Å². The van der Waals surface area contributed by atoms with E-state index in [1.165, 1.54) is 16.8 Å². The van der Waals surface area contributed by atoms with Crippen molar-refractivity contribution in [3.63, 3.8) is 0 Å². The molecule has 0 spiro atoms. The molecule has 6 heteroatoms. The van der Waals surface area contributed by atoms with Gasteiger partial charge < -0.3 is 5.11 Å². The summed E-state index contributed by atoms with van der Waals surface area (Å²) in [5.74, 6) is -1.82. The van der Waals surface area contributed by atoms with Crippen LogP contribution in [-0.2, 0) is 0 Å². The Kier molecular flexibility index (Phi) is 3.21. The van der Waals surface area contributed by atoms with E-state index in [-0.39, 0.29) is 15.7 Å². The second kappa shape index (κ2) is 4.53. The maximum absolute atomic E-state index is 14.1. The fourth-order valence-corrected chi connectivity index (χ4v) is 2.25. The number of carboxylic acid groups (broad SMARTS) is 1. The van der Waals surface area contributed by atoms with E-state index in [4.69, 9.17) is 5.11 Å². The van der Waals surface area contributed by atoms with Crippen molar-refractivity contribution in [1.82, 2.24) is 9.78 Å². The molecular formula is C12H10BrFN2O2. The molecule has 0 fully saturated rings. The van der Waals surface area contributed by atoms with Crippen molar-refractivity contribution in [3.8, 4) is 5.69 Å². The number of aryl methyl sites for hydroxylation is 2. The van der Waals surface area contributed by atoms with Gasteiger partial charge in [0.15, 0.2) is 5.82 Å². The second-order valence-electron chi connectivity index (χ2n) is 3.90. The van der Waals surface area contributed by atoms with Crippen LogP contribution in [0.3, 0.4) is 0 Å². The van der Waals surface area contributed by atoms with Crippen LogP contribution in [-0.4, -0.2) is 20.9 Å². The first-order valence-corrected chi connectivity index (χ1v) is 5.96. The summed E-state index contributed by atoms with van der Waals surface area (Å²) in [4.78, 5) is 10.9. The Labute approximate surface area is 111 Å². The van der Waals surface area contributed by atoms with E-state index in [0.29, 0.717) is 0 Å². The van der Waals surface area contributed by atoms with Crippen LogP contribution in [0.2, 0.25) is 0 Å². The van der Waals surface area contributed by atoms with Crippen LogP contribution in [0, 0.1) is 19.7 Å². The molecule has 4 nitrogen and oxygen atoms in total. The highest BCUT2D eigenvalue weighted by Crippen LogP contribution is 2.26. The molecule has 1 aromatic carbocycles. The van der Waals surface area contributed by atoms with Crippen molar-refractivity contribution in [3.05, 3.63) is 45.4 Å². The Hall–Kier alpha value is -1.69. The second-order valence-corrected chi connectivity index (χ2v) is 4.70. The number of halogens is 2. The molecule has 0 amide bonds. The van der Waals surface area contributed by atoms with E-state index in [1.54, 1.807) is 6.92 Å². The molecule has 0 unspecified atom stereocenters. The van der Waals surface area contributed by atoms with E-state index in [2.05, 4.69) is 21.0 Å². The SMILES string of the molecule is Cc1cc(C)n(-c2ccc(C(=O)O)c(Br)c2F)n1. The average Bonchev–Trinajstić information content (AvgIpc) is 2.61. The first kappa shape index (κ1) is 12.8. The molecule has 94 valence electrons. The molecule has 2 aromatic rings. The molecule has 0 aliphatic carbocycles. The molecular weight excluding hydrogens is 303 g/mol. The molecule has 0 radical (unpaired) electrons. The molecule has 0 saturated heterocycles. The molecule has 0 aliphatic rings. The quantitative estimate of drug-likeness (QED) is 0.927. The van der Waals surface area contributed by atoms with Crippen LogP contribution in [0.5, 0.6) is 0 Å². The monoisotopic (exact) mass is 312 g/mol. The Balaban J connectivity index is 2.64. The van der Waals surface area contributed by atoms with Gasteiger partial charge in [0.2, 0.25) is 0 Å². The van der Waals surface area contributed by atoms with Gasteiger partial charge in [-0.15, -0.1) is 0 Å². The molecule has 1 N–H and O–H groups in total. The summed E-state index contributed by atoms with van der Waals surface area (Å²) < 4.78 is 15.5. The number of aromatic nitrogens is 2. The number of carboxylic acids is 1. The third kappa shape index (κ3) is 2.03. The number of hydrogen-bond donors (Lipinski definition) is 1. The summed E-state index contributed by atoms with van der Waals surface area (Å²) in [6.45, 7) is 3.61. The number of carbonyl (C=O) groups is 1. The molecule has 0 atom stereocenters. The van der Waals surface area contributed by atoms with Gasteiger partial charge in [0.25, 0.3) is 0 Å². The van der Waals surface area contributed by atoms with Crippen LogP contribution in [0.4, 0.5) is 4.39 Å². The highest BCUT2D eigenvalue weighted by Gasteiger charge is 2.18. The molecule has 18 heavy (non-hydrogen) atoms. The summed E-state index contributed by atoms with van der Waals surface area (Å²) in [7, 11) is 0. The lowest BCUT2D eigenvalue weighted by molar-refractivity contribution is 0.0695. The normalized spacial score (nSPS) is 10.7. The predicted molar refractivity (Wildman–Crippen MR) is 67.7 cm³/mol. The Bertz CT molecular complexity index is 637. The lowest BCUT2D eigenvalue weighted by Gasteiger charge is -2.08. The summed E-state index contributed by atoms with van der Waals surface area (Å²) in [5, 5.41) is 13.1. The Morgan fingerprint density at radius 3 is 2.61 bits per heavy atom. The lowest BCUT2D eigenvalue weighted by atomic mass is 10.2. The molecule has 1 aromatic heterocycles. The maximum atomic E-state index is 14.1. The first-order chi connectivity index (χ1) is 8.41. The number of rotatable bonds is 2. The van der Waals surface area contributed by atoms with Crippen LogP contribution < -0.4 is 0 Å². The van der Waals surface area contributed by atoms with Crippen molar-refractivity contribution >= 4 is 21.9 Å². The zero-order chi connectivity index (χ0) is 13.4. The van der Waals surface area contributed by atoms with Gasteiger partial charge in [0, 0.05) is 5.69 Å². The first-order valence-electron chi connectivity index (χ1n) is 5.16. The van der Waals surface area contributed by atoms with Crippen molar-refractivity contribution in [2.24, 2.45) is 0 Å². The third-order valence-electron chi connectivity index (χ3n) is 2.53. The summed E-state index contributed by atoms with van der Waals surface area (Å²) in [5.41, 5.74) is 1.65. The van der Waals surface area contributed by atoms with Crippen molar-refractivity contribution < 1.29 is 14.3 Å². The van der Waals surface area contributed by atoms with E-state index in [0.717, 1.165) is 11.4 Å².